The molecule has 0 unspecified atom stereocenters. The zero-order valence-corrected chi connectivity index (χ0v) is 22.1. The van der Waals surface area contributed by atoms with Crippen molar-refractivity contribution in [3.63, 3.8) is 0 Å². The van der Waals surface area contributed by atoms with Gasteiger partial charge in [-0.2, -0.15) is 13.2 Å². The van der Waals surface area contributed by atoms with E-state index >= 15 is 0 Å². The van der Waals surface area contributed by atoms with Crippen LogP contribution in [0.4, 0.5) is 13.2 Å². The van der Waals surface area contributed by atoms with Crippen LogP contribution in [-0.2, 0) is 19.3 Å². The first kappa shape index (κ1) is 28.1. The van der Waals surface area contributed by atoms with Crippen LogP contribution in [0.25, 0.3) is 0 Å². The lowest BCUT2D eigenvalue weighted by Gasteiger charge is -2.25. The molecule has 200 valence electrons. The minimum absolute atomic E-state index is 0.00421. The summed E-state index contributed by atoms with van der Waals surface area (Å²) in [5, 5.41) is 0. The smallest absolute Gasteiger partial charge is 0.416 e. The van der Waals surface area contributed by atoms with Crippen molar-refractivity contribution in [2.24, 2.45) is 5.92 Å². The number of aromatic nitrogens is 2. The summed E-state index contributed by atoms with van der Waals surface area (Å²) in [5.41, 5.74) is 1.31. The first-order valence-corrected chi connectivity index (χ1v) is 12.1. The SMILES string of the molecule is COc1ccc(C(=O)N(CCC(C)C)Cc2nc(C)c(C)n2Cc2ccccc2C(F)(F)F)c(OC)c1. The van der Waals surface area contributed by atoms with Crippen molar-refractivity contribution < 1.29 is 27.4 Å². The molecular weight excluding hydrogens is 483 g/mol. The van der Waals surface area contributed by atoms with Crippen molar-refractivity contribution in [3.8, 4) is 11.5 Å². The summed E-state index contributed by atoms with van der Waals surface area (Å²) in [6.45, 7) is 8.38. The number of hydrogen-bond donors (Lipinski definition) is 0. The molecule has 0 radical (unpaired) electrons. The summed E-state index contributed by atoms with van der Waals surface area (Å²) in [7, 11) is 3.02. The third kappa shape index (κ3) is 6.64. The highest BCUT2D eigenvalue weighted by Crippen LogP contribution is 2.33. The van der Waals surface area contributed by atoms with Gasteiger partial charge in [0, 0.05) is 24.8 Å². The van der Waals surface area contributed by atoms with E-state index in [9.17, 15) is 18.0 Å². The molecule has 1 aromatic heterocycles. The number of carbonyl (C=O) groups is 1. The van der Waals surface area contributed by atoms with E-state index in [1.54, 1.807) is 33.7 Å². The molecule has 0 saturated carbocycles. The fourth-order valence-corrected chi connectivity index (χ4v) is 4.14. The molecule has 0 fully saturated rings. The monoisotopic (exact) mass is 517 g/mol. The van der Waals surface area contributed by atoms with Crippen LogP contribution >= 0.6 is 0 Å². The lowest BCUT2D eigenvalue weighted by atomic mass is 10.1. The topological polar surface area (TPSA) is 56.6 Å². The summed E-state index contributed by atoms with van der Waals surface area (Å²) in [5.74, 6) is 1.56. The second kappa shape index (κ2) is 11.7. The third-order valence-electron chi connectivity index (χ3n) is 6.42. The van der Waals surface area contributed by atoms with Crippen molar-refractivity contribution in [3.05, 3.63) is 76.4 Å². The number of rotatable bonds is 10. The number of benzene rings is 2. The zero-order valence-electron chi connectivity index (χ0n) is 22.1. The first-order valence-electron chi connectivity index (χ1n) is 12.1. The van der Waals surface area contributed by atoms with Crippen molar-refractivity contribution in [1.29, 1.82) is 0 Å². The molecule has 3 rings (SSSR count). The first-order chi connectivity index (χ1) is 17.5. The minimum Gasteiger partial charge on any atom is -0.497 e. The van der Waals surface area contributed by atoms with Crippen molar-refractivity contribution in [1.82, 2.24) is 14.5 Å². The standard InChI is InChI=1S/C28H34F3N3O3/c1-18(2)13-14-33(27(35)23-12-11-22(36-5)15-25(23)37-6)17-26-32-19(3)20(4)34(26)16-21-9-7-8-10-24(21)28(29,30)31/h7-12,15,18H,13-14,16-17H2,1-6H3. The average Bonchev–Trinajstić information content (AvgIpc) is 3.12. The normalized spacial score (nSPS) is 11.6. The highest BCUT2D eigenvalue weighted by Gasteiger charge is 2.33. The predicted molar refractivity (Wildman–Crippen MR) is 136 cm³/mol. The van der Waals surface area contributed by atoms with Gasteiger partial charge >= 0.3 is 6.18 Å². The number of aryl methyl sites for hydroxylation is 1. The Bertz CT molecular complexity index is 1240. The van der Waals surface area contributed by atoms with Gasteiger partial charge in [0.1, 0.15) is 17.3 Å². The van der Waals surface area contributed by atoms with Gasteiger partial charge < -0.3 is 18.9 Å². The molecule has 0 N–H and O–H groups in total. The number of halogens is 3. The van der Waals surface area contributed by atoms with Crippen LogP contribution in [0, 0.1) is 19.8 Å². The molecule has 0 aliphatic carbocycles. The van der Waals surface area contributed by atoms with E-state index in [1.807, 2.05) is 13.8 Å². The third-order valence-corrected chi connectivity index (χ3v) is 6.42. The number of hydrogen-bond acceptors (Lipinski definition) is 4. The van der Waals surface area contributed by atoms with Crippen molar-refractivity contribution in [2.75, 3.05) is 20.8 Å². The zero-order chi connectivity index (χ0) is 27.3. The van der Waals surface area contributed by atoms with Crippen LogP contribution in [0.1, 0.15) is 59.0 Å². The van der Waals surface area contributed by atoms with Gasteiger partial charge in [-0.1, -0.05) is 32.0 Å². The van der Waals surface area contributed by atoms with E-state index in [-0.39, 0.29) is 24.6 Å². The highest BCUT2D eigenvalue weighted by molar-refractivity contribution is 5.97. The molecule has 0 spiro atoms. The van der Waals surface area contributed by atoms with E-state index in [0.717, 1.165) is 18.2 Å². The molecule has 1 amide bonds. The number of methoxy groups -OCH3 is 2. The number of carbonyl (C=O) groups excluding carboxylic acids is 1. The van der Waals surface area contributed by atoms with Gasteiger partial charge in [-0.05, 0) is 49.9 Å². The molecular formula is C28H34F3N3O3. The van der Waals surface area contributed by atoms with E-state index in [4.69, 9.17) is 9.47 Å². The molecule has 6 nitrogen and oxygen atoms in total. The minimum atomic E-state index is -4.47. The van der Waals surface area contributed by atoms with Crippen LogP contribution in [0.2, 0.25) is 0 Å². The van der Waals surface area contributed by atoms with Gasteiger partial charge in [-0.3, -0.25) is 4.79 Å². The number of ether oxygens (including phenoxy) is 2. The van der Waals surface area contributed by atoms with Crippen LogP contribution < -0.4 is 9.47 Å². The Balaban J connectivity index is 2.00. The van der Waals surface area contributed by atoms with Crippen LogP contribution in [-0.4, -0.2) is 41.1 Å². The molecule has 3 aromatic rings. The van der Waals surface area contributed by atoms with Gasteiger partial charge in [0.15, 0.2) is 0 Å². The quantitative estimate of drug-likeness (QED) is 0.318. The molecule has 9 heteroatoms. The predicted octanol–water partition coefficient (Wildman–Crippen LogP) is 6.27. The molecule has 0 bridgehead atoms. The Labute approximate surface area is 216 Å². The lowest BCUT2D eigenvalue weighted by molar-refractivity contribution is -0.138. The second-order valence-electron chi connectivity index (χ2n) is 9.42. The molecule has 0 aliphatic rings. The Morgan fingerprint density at radius 1 is 1.08 bits per heavy atom. The summed E-state index contributed by atoms with van der Waals surface area (Å²) in [6.07, 6.45) is -3.72. The van der Waals surface area contributed by atoms with Gasteiger partial charge in [0.25, 0.3) is 5.91 Å². The maximum absolute atomic E-state index is 13.7. The number of alkyl halides is 3. The van der Waals surface area contributed by atoms with Crippen molar-refractivity contribution >= 4 is 5.91 Å². The van der Waals surface area contributed by atoms with E-state index < -0.39 is 11.7 Å². The van der Waals surface area contributed by atoms with Crippen LogP contribution in [0.3, 0.4) is 0 Å². The summed E-state index contributed by atoms with van der Waals surface area (Å²) >= 11 is 0. The van der Waals surface area contributed by atoms with E-state index in [0.29, 0.717) is 41.0 Å². The Morgan fingerprint density at radius 2 is 1.78 bits per heavy atom. The Kier molecular flexibility index (Phi) is 8.89. The molecule has 37 heavy (non-hydrogen) atoms. The average molecular weight is 518 g/mol. The van der Waals surface area contributed by atoms with E-state index in [1.165, 1.54) is 26.4 Å². The largest absolute Gasteiger partial charge is 0.497 e. The second-order valence-corrected chi connectivity index (χ2v) is 9.42. The molecule has 0 saturated heterocycles. The molecule has 2 aromatic carbocycles. The maximum Gasteiger partial charge on any atom is 0.416 e. The lowest BCUT2D eigenvalue weighted by Crippen LogP contribution is -2.33. The molecule has 0 aliphatic heterocycles. The molecule has 1 heterocycles. The van der Waals surface area contributed by atoms with Gasteiger partial charge in [0.2, 0.25) is 0 Å². The molecule has 0 atom stereocenters. The maximum atomic E-state index is 13.7. The fourth-order valence-electron chi connectivity index (χ4n) is 4.14. The summed E-state index contributed by atoms with van der Waals surface area (Å²) in [4.78, 5) is 20.0. The van der Waals surface area contributed by atoms with Gasteiger partial charge in [-0.25, -0.2) is 4.98 Å². The Hall–Kier alpha value is -3.49. The summed E-state index contributed by atoms with van der Waals surface area (Å²) < 4.78 is 53.5. The fraction of sp³-hybridized carbons (Fsp3) is 0.429. The summed E-state index contributed by atoms with van der Waals surface area (Å²) in [6, 6.07) is 10.5. The van der Waals surface area contributed by atoms with Crippen molar-refractivity contribution in [2.45, 2.75) is 53.4 Å². The Morgan fingerprint density at radius 3 is 2.41 bits per heavy atom. The number of amides is 1. The van der Waals surface area contributed by atoms with Gasteiger partial charge in [0.05, 0.1) is 37.6 Å². The highest BCUT2D eigenvalue weighted by atomic mass is 19.4. The number of imidazole rings is 1. The van der Waals surface area contributed by atoms with Gasteiger partial charge in [-0.15, -0.1) is 0 Å². The van der Waals surface area contributed by atoms with E-state index in [2.05, 4.69) is 18.8 Å². The van der Waals surface area contributed by atoms with Crippen LogP contribution in [0.5, 0.6) is 11.5 Å². The van der Waals surface area contributed by atoms with Crippen LogP contribution in [0.15, 0.2) is 42.5 Å². The number of nitrogens with zero attached hydrogens (tertiary/aromatic N) is 3.